The molecule has 0 bridgehead atoms. The van der Waals surface area contributed by atoms with Crippen LogP contribution in [0.15, 0.2) is 30.3 Å². The Morgan fingerprint density at radius 1 is 1.36 bits per heavy atom. The highest BCUT2D eigenvalue weighted by atomic mass is 31.1. The van der Waals surface area contributed by atoms with E-state index in [0.29, 0.717) is 6.42 Å². The average molecular weight is 213 g/mol. The Bertz CT molecular complexity index is 323. The van der Waals surface area contributed by atoms with Crippen LogP contribution in [0.2, 0.25) is 0 Å². The van der Waals surface area contributed by atoms with Crippen molar-refractivity contribution in [2.24, 2.45) is 0 Å². The zero-order valence-electron chi connectivity index (χ0n) is 7.42. The predicted octanol–water partition coefficient (Wildman–Crippen LogP) is 1.81. The van der Waals surface area contributed by atoms with Crippen LogP contribution in [0.4, 0.5) is 0 Å². The van der Waals surface area contributed by atoms with Gasteiger partial charge in [-0.15, -0.1) is 4.89 Å². The summed E-state index contributed by atoms with van der Waals surface area (Å²) in [5, 5.41) is 0. The summed E-state index contributed by atoms with van der Waals surface area (Å²) in [7, 11) is -2.82. The van der Waals surface area contributed by atoms with E-state index in [1.165, 1.54) is 0 Å². The molecule has 0 saturated carbocycles. The predicted molar refractivity (Wildman–Crippen MR) is 50.7 cm³/mol. The number of rotatable bonds is 4. The van der Waals surface area contributed by atoms with Crippen molar-refractivity contribution in [3.8, 4) is 0 Å². The third-order valence-corrected chi connectivity index (χ3v) is 2.00. The molecule has 1 atom stereocenters. The monoisotopic (exact) mass is 213 g/mol. The molecule has 0 aromatic heterocycles. The molecular formula is C9H10O4P+. The second-order valence-electron chi connectivity index (χ2n) is 2.69. The van der Waals surface area contributed by atoms with Crippen LogP contribution in [0.1, 0.15) is 12.0 Å². The van der Waals surface area contributed by atoms with Crippen molar-refractivity contribution in [1.29, 1.82) is 0 Å². The SMILES string of the molecule is O=C(CCc1ccccc1)O[P+](=O)O. The van der Waals surface area contributed by atoms with Crippen molar-refractivity contribution < 1.29 is 18.8 Å². The Labute approximate surface area is 82.5 Å². The summed E-state index contributed by atoms with van der Waals surface area (Å²) in [5.74, 6) is -0.655. The van der Waals surface area contributed by atoms with Gasteiger partial charge in [-0.1, -0.05) is 30.3 Å². The summed E-state index contributed by atoms with van der Waals surface area (Å²) < 4.78 is 14.2. The van der Waals surface area contributed by atoms with Crippen molar-refractivity contribution in [3.63, 3.8) is 0 Å². The number of carbonyl (C=O) groups is 1. The molecule has 1 aromatic carbocycles. The van der Waals surface area contributed by atoms with Gasteiger partial charge in [0.25, 0.3) is 0 Å². The summed E-state index contributed by atoms with van der Waals surface area (Å²) in [6.45, 7) is 0. The van der Waals surface area contributed by atoms with Crippen molar-refractivity contribution in [2.45, 2.75) is 12.8 Å². The fraction of sp³-hybridized carbons (Fsp3) is 0.222. The van der Waals surface area contributed by atoms with Gasteiger partial charge in [-0.25, -0.2) is 4.79 Å². The third kappa shape index (κ3) is 4.12. The Morgan fingerprint density at radius 2 is 2.00 bits per heavy atom. The minimum Gasteiger partial charge on any atom is -0.247 e. The van der Waals surface area contributed by atoms with Crippen LogP contribution >= 0.6 is 8.25 Å². The molecule has 0 fully saturated rings. The zero-order chi connectivity index (χ0) is 10.4. The molecule has 74 valence electrons. The first-order chi connectivity index (χ1) is 6.68. The van der Waals surface area contributed by atoms with E-state index in [1.807, 2.05) is 30.3 Å². The molecule has 4 nitrogen and oxygen atoms in total. The summed E-state index contributed by atoms with van der Waals surface area (Å²) in [5.41, 5.74) is 0.998. The normalized spacial score (nSPS) is 10.8. The molecule has 0 aliphatic rings. The van der Waals surface area contributed by atoms with Crippen LogP contribution in [-0.2, 0) is 20.3 Å². The van der Waals surface area contributed by atoms with Crippen LogP contribution in [0.5, 0.6) is 0 Å². The molecular weight excluding hydrogens is 203 g/mol. The van der Waals surface area contributed by atoms with Gasteiger partial charge in [-0.2, -0.15) is 4.52 Å². The van der Waals surface area contributed by atoms with Crippen LogP contribution in [0.3, 0.4) is 0 Å². The lowest BCUT2D eigenvalue weighted by atomic mass is 10.1. The van der Waals surface area contributed by atoms with Gasteiger partial charge < -0.3 is 0 Å². The number of hydrogen-bond acceptors (Lipinski definition) is 3. The highest BCUT2D eigenvalue weighted by molar-refractivity contribution is 7.32. The first-order valence-electron chi connectivity index (χ1n) is 4.09. The van der Waals surface area contributed by atoms with Gasteiger partial charge in [0.1, 0.15) is 0 Å². The largest absolute Gasteiger partial charge is 0.750 e. The van der Waals surface area contributed by atoms with E-state index in [-0.39, 0.29) is 6.42 Å². The summed E-state index contributed by atoms with van der Waals surface area (Å²) in [4.78, 5) is 19.1. The van der Waals surface area contributed by atoms with Crippen molar-refractivity contribution >= 4 is 14.2 Å². The minimum absolute atomic E-state index is 0.117. The van der Waals surface area contributed by atoms with Gasteiger partial charge in [0.2, 0.25) is 0 Å². The molecule has 0 aliphatic carbocycles. The van der Waals surface area contributed by atoms with E-state index in [1.54, 1.807) is 0 Å². The topological polar surface area (TPSA) is 63.6 Å². The van der Waals surface area contributed by atoms with Crippen molar-refractivity contribution in [2.75, 3.05) is 0 Å². The minimum atomic E-state index is -2.82. The van der Waals surface area contributed by atoms with Crippen LogP contribution in [-0.4, -0.2) is 10.9 Å². The molecule has 14 heavy (non-hydrogen) atoms. The third-order valence-electron chi connectivity index (χ3n) is 1.64. The van der Waals surface area contributed by atoms with Gasteiger partial charge in [0.05, 0.1) is 6.42 Å². The highest BCUT2D eigenvalue weighted by Crippen LogP contribution is 2.16. The molecule has 0 heterocycles. The van der Waals surface area contributed by atoms with E-state index in [2.05, 4.69) is 4.52 Å². The summed E-state index contributed by atoms with van der Waals surface area (Å²) in [6.07, 6.45) is 0.633. The van der Waals surface area contributed by atoms with Gasteiger partial charge in [0, 0.05) is 4.57 Å². The quantitative estimate of drug-likeness (QED) is 0.774. The first kappa shape index (κ1) is 10.8. The van der Waals surface area contributed by atoms with Gasteiger partial charge >= 0.3 is 14.2 Å². The zero-order valence-corrected chi connectivity index (χ0v) is 8.31. The van der Waals surface area contributed by atoms with Gasteiger partial charge in [-0.3, -0.25) is 0 Å². The standard InChI is InChI=1S/C9H9O4P/c10-9(13-14(11)12)7-6-8-4-2-1-3-5-8/h1-5H,6-7H2/p+1. The maximum absolute atomic E-state index is 10.9. The Kier molecular flexibility index (Phi) is 4.23. The molecule has 0 aliphatic heterocycles. The van der Waals surface area contributed by atoms with Crippen molar-refractivity contribution in [1.82, 2.24) is 0 Å². The smallest absolute Gasteiger partial charge is 0.247 e. The molecule has 0 spiro atoms. The Balaban J connectivity index is 2.34. The fourth-order valence-corrected chi connectivity index (χ4v) is 1.29. The molecule has 0 radical (unpaired) electrons. The van der Waals surface area contributed by atoms with E-state index in [0.717, 1.165) is 5.56 Å². The summed E-state index contributed by atoms with van der Waals surface area (Å²) >= 11 is 0. The Morgan fingerprint density at radius 3 is 2.57 bits per heavy atom. The van der Waals surface area contributed by atoms with Crippen LogP contribution in [0.25, 0.3) is 0 Å². The highest BCUT2D eigenvalue weighted by Gasteiger charge is 2.19. The lowest BCUT2D eigenvalue weighted by molar-refractivity contribution is -0.134. The number of aryl methyl sites for hydroxylation is 1. The molecule has 1 unspecified atom stereocenters. The molecule has 5 heteroatoms. The van der Waals surface area contributed by atoms with E-state index >= 15 is 0 Å². The van der Waals surface area contributed by atoms with Crippen LogP contribution in [0, 0.1) is 0 Å². The molecule has 0 saturated heterocycles. The van der Waals surface area contributed by atoms with Crippen LogP contribution < -0.4 is 0 Å². The number of carbonyl (C=O) groups excluding carboxylic acids is 1. The number of benzene rings is 1. The average Bonchev–Trinajstić information content (AvgIpc) is 2.15. The molecule has 1 N–H and O–H groups in total. The lowest BCUT2D eigenvalue weighted by Crippen LogP contribution is -2.00. The fourth-order valence-electron chi connectivity index (χ4n) is 1.02. The van der Waals surface area contributed by atoms with Gasteiger partial charge in [0.15, 0.2) is 0 Å². The first-order valence-corrected chi connectivity index (χ1v) is 5.22. The second kappa shape index (κ2) is 5.47. The molecule has 1 rings (SSSR count). The summed E-state index contributed by atoms with van der Waals surface area (Å²) in [6, 6.07) is 9.38. The van der Waals surface area contributed by atoms with E-state index in [4.69, 9.17) is 4.89 Å². The maximum Gasteiger partial charge on any atom is 0.750 e. The van der Waals surface area contributed by atoms with Gasteiger partial charge in [-0.05, 0) is 12.0 Å². The maximum atomic E-state index is 10.9. The van der Waals surface area contributed by atoms with Crippen molar-refractivity contribution in [3.05, 3.63) is 35.9 Å². The molecule has 1 aromatic rings. The van der Waals surface area contributed by atoms with E-state index in [9.17, 15) is 9.36 Å². The van der Waals surface area contributed by atoms with E-state index < -0.39 is 14.2 Å². The molecule has 0 amide bonds. The Hall–Kier alpha value is -1.25. The number of hydrogen-bond donors (Lipinski definition) is 1. The second-order valence-corrected chi connectivity index (χ2v) is 3.34. The lowest BCUT2D eigenvalue weighted by Gasteiger charge is -1.95.